The van der Waals surface area contributed by atoms with Crippen LogP contribution in [0.4, 0.5) is 13.2 Å². The van der Waals surface area contributed by atoms with Gasteiger partial charge in [-0.1, -0.05) is 36.4 Å². The van der Waals surface area contributed by atoms with E-state index in [0.29, 0.717) is 33.9 Å². The number of halogens is 3. The van der Waals surface area contributed by atoms with Crippen molar-refractivity contribution in [3.8, 4) is 67.9 Å². The van der Waals surface area contributed by atoms with Crippen molar-refractivity contribution in [2.75, 3.05) is 41.2 Å². The monoisotopic (exact) mass is 1070 g/mol. The van der Waals surface area contributed by atoms with E-state index in [1.165, 1.54) is 71.8 Å². The first-order chi connectivity index (χ1) is 37.2. The number of rotatable bonds is 21. The second kappa shape index (κ2) is 22.9. The molecular weight excluding hydrogens is 1020 g/mol. The molecule has 9 rings (SSSR count). The maximum atomic E-state index is 16.1. The van der Waals surface area contributed by atoms with Gasteiger partial charge < -0.3 is 42.1 Å². The Balaban J connectivity index is 1.22. The lowest BCUT2D eigenvalue weighted by Gasteiger charge is -2.24. The van der Waals surface area contributed by atoms with Crippen molar-refractivity contribution in [1.82, 2.24) is 13.7 Å². The van der Waals surface area contributed by atoms with E-state index in [0.717, 1.165) is 18.2 Å². The zero-order valence-electron chi connectivity index (χ0n) is 42.6. The quantitative estimate of drug-likeness (QED) is 0.0625. The lowest BCUT2D eigenvalue weighted by atomic mass is 10.0. The lowest BCUT2D eigenvalue weighted by molar-refractivity contribution is 0.0560. The SMILES string of the molecule is CCOc1ccc(F)c2c(=O)c(-c3ccc(OC)cc3)cn(COP(=O)(OCn3cc(-c4ccc(OC)cc4)c(=O)c4c(F)ccc(OCC)c43)OCn3cc(-c4ccc(OC)cc4)c(=O)c4c(F)ccc(OCC)c43)c12. The largest absolute Gasteiger partial charge is 0.497 e. The molecule has 9 aromatic rings. The summed E-state index contributed by atoms with van der Waals surface area (Å²) in [5.74, 6) is -0.966. The second-order valence-electron chi connectivity index (χ2n) is 17.0. The van der Waals surface area contributed by atoms with Crippen LogP contribution in [0.15, 0.2) is 142 Å². The first-order valence-corrected chi connectivity index (χ1v) is 25.6. The molecule has 0 unspecified atom stereocenters. The number of pyridine rings is 3. The van der Waals surface area contributed by atoms with Crippen molar-refractivity contribution < 1.29 is 59.7 Å². The van der Waals surface area contributed by atoms with Crippen LogP contribution in [0, 0.1) is 17.5 Å². The van der Waals surface area contributed by atoms with Gasteiger partial charge in [-0.05, 0) is 110 Å². The van der Waals surface area contributed by atoms with Gasteiger partial charge in [-0.25, -0.2) is 17.7 Å². The highest BCUT2D eigenvalue weighted by atomic mass is 31.2. The van der Waals surface area contributed by atoms with Crippen molar-refractivity contribution in [3.05, 3.63) is 176 Å². The van der Waals surface area contributed by atoms with Crippen molar-refractivity contribution >= 4 is 40.5 Å². The van der Waals surface area contributed by atoms with Crippen LogP contribution in [0.25, 0.3) is 66.1 Å². The molecule has 0 atom stereocenters. The van der Waals surface area contributed by atoms with E-state index in [4.69, 9.17) is 42.0 Å². The van der Waals surface area contributed by atoms with Crippen LogP contribution in [-0.2, 0) is 38.3 Å². The van der Waals surface area contributed by atoms with Crippen LogP contribution in [0.5, 0.6) is 34.5 Å². The molecule has 16 nitrogen and oxygen atoms in total. The molecule has 398 valence electrons. The van der Waals surface area contributed by atoms with Gasteiger partial charge in [0.15, 0.2) is 16.3 Å². The van der Waals surface area contributed by atoms with Gasteiger partial charge in [0, 0.05) is 35.3 Å². The second-order valence-corrected chi connectivity index (χ2v) is 18.7. The first-order valence-electron chi connectivity index (χ1n) is 24.2. The number of phosphoric acid groups is 1. The third-order valence-corrected chi connectivity index (χ3v) is 13.9. The molecule has 0 N–H and O–H groups in total. The standard InChI is InChI=1S/C57H51F3N3O13P/c1-7-71-46-25-22-43(58)49-52(46)61(28-40(55(49)64)34-10-16-37(68-4)17-11-34)31-74-77(67,75-32-62-29-41(35-12-18-38(69-5)19-13-35)56(65)50-44(59)23-26-47(53(50)62)72-8-2)76-33-63-30-42(36-14-20-39(70-6)21-15-36)57(66)51-45(60)24-27-48(54(51)63)73-9-3/h10-30H,7-9,31-33H2,1-6H3. The Labute approximate surface area is 438 Å². The van der Waals surface area contributed by atoms with Gasteiger partial charge in [-0.3, -0.25) is 28.0 Å². The topological polar surface area (TPSA) is 166 Å². The number of hydrogen-bond donors (Lipinski definition) is 0. The summed E-state index contributed by atoms with van der Waals surface area (Å²) in [6.45, 7) is 3.08. The fourth-order valence-corrected chi connectivity index (χ4v) is 9.97. The van der Waals surface area contributed by atoms with Gasteiger partial charge in [0.2, 0.25) is 0 Å². The summed E-state index contributed by atoms with van der Waals surface area (Å²) in [6, 6.07) is 26.7. The van der Waals surface area contributed by atoms with Gasteiger partial charge >= 0.3 is 7.82 Å². The summed E-state index contributed by atoms with van der Waals surface area (Å²) in [5, 5.41) is -1.13. The number of phosphoric ester groups is 1. The molecular formula is C57H51F3N3O13P. The smallest absolute Gasteiger partial charge is 0.480 e. The molecule has 6 aromatic carbocycles. The molecule has 3 heterocycles. The molecule has 3 aromatic heterocycles. The van der Waals surface area contributed by atoms with E-state index in [2.05, 4.69) is 0 Å². The molecule has 0 fully saturated rings. The number of aromatic nitrogens is 3. The highest BCUT2D eigenvalue weighted by molar-refractivity contribution is 7.48. The summed E-state index contributed by atoms with van der Waals surface area (Å²) < 4.78 is 121. The average molecular weight is 1070 g/mol. The summed E-state index contributed by atoms with van der Waals surface area (Å²) in [5.41, 5.74) is -1.14. The van der Waals surface area contributed by atoms with Crippen molar-refractivity contribution in [1.29, 1.82) is 0 Å². The molecule has 0 aliphatic rings. The van der Waals surface area contributed by atoms with Crippen molar-refractivity contribution in [3.63, 3.8) is 0 Å². The van der Waals surface area contributed by atoms with E-state index >= 15 is 17.7 Å². The third kappa shape index (κ3) is 10.6. The molecule has 0 aliphatic heterocycles. The number of benzene rings is 6. The fourth-order valence-electron chi connectivity index (χ4n) is 8.95. The Kier molecular flexibility index (Phi) is 15.9. The molecule has 77 heavy (non-hydrogen) atoms. The first kappa shape index (κ1) is 53.5. The van der Waals surface area contributed by atoms with Gasteiger partial charge in [0.1, 0.15) is 72.1 Å². The number of methoxy groups -OCH3 is 3. The van der Waals surface area contributed by atoms with E-state index in [1.807, 2.05) is 0 Å². The zero-order chi connectivity index (χ0) is 54.5. The molecule has 0 saturated heterocycles. The fraction of sp³-hybridized carbons (Fsp3) is 0.211. The maximum Gasteiger partial charge on any atom is 0.480 e. The van der Waals surface area contributed by atoms with E-state index in [9.17, 15) is 14.4 Å². The summed E-state index contributed by atoms with van der Waals surface area (Å²) in [7, 11) is -0.715. The van der Waals surface area contributed by atoms with Crippen LogP contribution in [0.1, 0.15) is 20.8 Å². The number of ether oxygens (including phenoxy) is 6. The number of nitrogens with zero attached hydrogens (tertiary/aromatic N) is 3. The third-order valence-electron chi connectivity index (χ3n) is 12.6. The molecule has 0 saturated carbocycles. The molecule has 0 radical (unpaired) electrons. The highest BCUT2D eigenvalue weighted by Gasteiger charge is 2.31. The van der Waals surface area contributed by atoms with Gasteiger partial charge in [0.25, 0.3) is 0 Å². The minimum Gasteiger partial charge on any atom is -0.497 e. The Morgan fingerprint density at radius 2 is 0.662 bits per heavy atom. The Hall–Kier alpha value is -8.35. The number of hydrogen-bond acceptors (Lipinski definition) is 13. The molecule has 0 spiro atoms. The summed E-state index contributed by atoms with van der Waals surface area (Å²) >= 11 is 0. The molecule has 0 aliphatic carbocycles. The minimum absolute atomic E-state index is 0.0144. The number of fused-ring (bicyclic) bond motifs is 3. The Bertz CT molecular complexity index is 3500. The van der Waals surface area contributed by atoms with E-state index < -0.39 is 61.8 Å². The van der Waals surface area contributed by atoms with Crippen molar-refractivity contribution in [2.45, 2.75) is 41.0 Å². The zero-order valence-corrected chi connectivity index (χ0v) is 43.5. The molecule has 0 bridgehead atoms. The maximum absolute atomic E-state index is 16.1. The van der Waals surface area contributed by atoms with Crippen LogP contribution in [0.2, 0.25) is 0 Å². The molecule has 20 heteroatoms. The van der Waals surface area contributed by atoms with E-state index in [-0.39, 0.29) is 86.5 Å². The normalized spacial score (nSPS) is 11.6. The summed E-state index contributed by atoms with van der Waals surface area (Å²) in [6.07, 6.45) is 4.12. The van der Waals surface area contributed by atoms with Crippen LogP contribution in [0.3, 0.4) is 0 Å². The van der Waals surface area contributed by atoms with Gasteiger partial charge in [-0.2, -0.15) is 0 Å². The highest BCUT2D eigenvalue weighted by Crippen LogP contribution is 2.52. The van der Waals surface area contributed by atoms with Crippen molar-refractivity contribution in [2.24, 2.45) is 0 Å². The average Bonchev–Trinajstić information content (AvgIpc) is 3.48. The Morgan fingerprint density at radius 3 is 0.896 bits per heavy atom. The van der Waals surface area contributed by atoms with Gasteiger partial charge in [-0.15, -0.1) is 0 Å². The van der Waals surface area contributed by atoms with E-state index in [1.54, 1.807) is 93.6 Å². The van der Waals surface area contributed by atoms with Crippen LogP contribution in [-0.4, -0.2) is 54.9 Å². The van der Waals surface area contributed by atoms with Crippen LogP contribution >= 0.6 is 7.82 Å². The van der Waals surface area contributed by atoms with Gasteiger partial charge in [0.05, 0.1) is 73.9 Å². The van der Waals surface area contributed by atoms with Crippen LogP contribution < -0.4 is 44.7 Å². The summed E-state index contributed by atoms with van der Waals surface area (Å²) in [4.78, 5) is 42.9. The molecule has 0 amide bonds. The minimum atomic E-state index is -5.16. The predicted octanol–water partition coefficient (Wildman–Crippen LogP) is 11.7. The lowest BCUT2D eigenvalue weighted by Crippen LogP contribution is -2.18. The Morgan fingerprint density at radius 1 is 0.403 bits per heavy atom. The predicted molar refractivity (Wildman–Crippen MR) is 285 cm³/mol.